The van der Waals surface area contributed by atoms with E-state index in [1.165, 1.54) is 0 Å². The molecule has 1 unspecified atom stereocenters. The molecular weight excluding hydrogens is 384 g/mol. The van der Waals surface area contributed by atoms with Crippen LogP contribution in [-0.4, -0.2) is 11.7 Å². The molecule has 1 atom stereocenters. The van der Waals surface area contributed by atoms with Crippen molar-refractivity contribution in [3.05, 3.63) is 62.0 Å². The number of aliphatic hydroxyl groups is 1. The van der Waals surface area contributed by atoms with Gasteiger partial charge in [0.25, 0.3) is 0 Å². The lowest BCUT2D eigenvalue weighted by Crippen LogP contribution is -2.03. The van der Waals surface area contributed by atoms with Gasteiger partial charge >= 0.3 is 0 Å². The van der Waals surface area contributed by atoms with Gasteiger partial charge in [0.05, 0.1) is 6.61 Å². The maximum absolute atomic E-state index is 10.6. The highest BCUT2D eigenvalue weighted by Gasteiger charge is 2.16. The molecule has 1 N–H and O–H groups in total. The average Bonchev–Trinajstić information content (AvgIpc) is 2.38. The van der Waals surface area contributed by atoms with Gasteiger partial charge in [-0.05, 0) is 54.8 Å². The minimum atomic E-state index is -0.659. The van der Waals surface area contributed by atoms with E-state index in [0.29, 0.717) is 6.61 Å². The molecule has 2 rings (SSSR count). The molecule has 0 bridgehead atoms. The molecule has 0 spiro atoms. The van der Waals surface area contributed by atoms with Crippen molar-refractivity contribution in [3.8, 4) is 5.75 Å². The first-order valence-corrected chi connectivity index (χ1v) is 7.98. The van der Waals surface area contributed by atoms with E-state index in [2.05, 4.69) is 31.9 Å². The molecule has 0 fully saturated rings. The van der Waals surface area contributed by atoms with Gasteiger partial charge in [-0.1, -0.05) is 44.0 Å². The molecule has 2 nitrogen and oxygen atoms in total. The predicted octanol–water partition coefficient (Wildman–Crippen LogP) is 5.00. The summed E-state index contributed by atoms with van der Waals surface area (Å²) in [6.45, 7) is 4.56. The van der Waals surface area contributed by atoms with Crippen LogP contribution in [0.2, 0.25) is 0 Å². The highest BCUT2D eigenvalue weighted by atomic mass is 79.9. The van der Waals surface area contributed by atoms with Gasteiger partial charge in [0.1, 0.15) is 11.9 Å². The maximum Gasteiger partial charge on any atom is 0.120 e. The molecule has 0 saturated heterocycles. The number of aryl methyl sites for hydroxylation is 1. The zero-order valence-corrected chi connectivity index (χ0v) is 14.5. The van der Waals surface area contributed by atoms with Gasteiger partial charge in [0, 0.05) is 8.95 Å². The SMILES string of the molecule is CCOc1ccc(C(O)c2ccc(Br)cc2C)c(Br)c1. The summed E-state index contributed by atoms with van der Waals surface area (Å²) in [5, 5.41) is 10.6. The molecule has 0 aliphatic rings. The molecule has 0 aliphatic carbocycles. The minimum Gasteiger partial charge on any atom is -0.494 e. The maximum atomic E-state index is 10.6. The number of rotatable bonds is 4. The van der Waals surface area contributed by atoms with Crippen molar-refractivity contribution >= 4 is 31.9 Å². The van der Waals surface area contributed by atoms with Crippen LogP contribution in [0.4, 0.5) is 0 Å². The van der Waals surface area contributed by atoms with E-state index in [1.54, 1.807) is 0 Å². The van der Waals surface area contributed by atoms with Crippen LogP contribution in [0, 0.1) is 6.92 Å². The third kappa shape index (κ3) is 3.43. The Morgan fingerprint density at radius 2 is 1.80 bits per heavy atom. The second-order valence-corrected chi connectivity index (χ2v) is 6.29. The lowest BCUT2D eigenvalue weighted by molar-refractivity contribution is 0.218. The Hall–Kier alpha value is -0.840. The third-order valence-electron chi connectivity index (χ3n) is 3.10. The van der Waals surface area contributed by atoms with Crippen molar-refractivity contribution in [3.63, 3.8) is 0 Å². The Kier molecular flexibility index (Phi) is 5.24. The average molecular weight is 400 g/mol. The van der Waals surface area contributed by atoms with Crippen molar-refractivity contribution in [1.29, 1.82) is 0 Å². The van der Waals surface area contributed by atoms with Crippen molar-refractivity contribution < 1.29 is 9.84 Å². The number of hydrogen-bond donors (Lipinski definition) is 1. The van der Waals surface area contributed by atoms with Gasteiger partial charge in [0.15, 0.2) is 0 Å². The van der Waals surface area contributed by atoms with E-state index in [-0.39, 0.29) is 0 Å². The Balaban J connectivity index is 2.35. The summed E-state index contributed by atoms with van der Waals surface area (Å²) >= 11 is 6.94. The molecule has 4 heteroatoms. The van der Waals surface area contributed by atoms with Gasteiger partial charge in [-0.2, -0.15) is 0 Å². The summed E-state index contributed by atoms with van der Waals surface area (Å²) < 4.78 is 7.31. The topological polar surface area (TPSA) is 29.5 Å². The third-order valence-corrected chi connectivity index (χ3v) is 4.28. The van der Waals surface area contributed by atoms with Crippen LogP contribution in [0.3, 0.4) is 0 Å². The number of aliphatic hydroxyl groups excluding tert-OH is 1. The van der Waals surface area contributed by atoms with Crippen molar-refractivity contribution in [2.45, 2.75) is 20.0 Å². The number of ether oxygens (including phenoxy) is 1. The van der Waals surface area contributed by atoms with Gasteiger partial charge in [-0.3, -0.25) is 0 Å². The molecule has 0 heterocycles. The van der Waals surface area contributed by atoms with Gasteiger partial charge in [-0.15, -0.1) is 0 Å². The largest absolute Gasteiger partial charge is 0.494 e. The lowest BCUT2D eigenvalue weighted by Gasteiger charge is -2.17. The minimum absolute atomic E-state index is 0.625. The molecule has 0 radical (unpaired) electrons. The summed E-state index contributed by atoms with van der Waals surface area (Å²) in [7, 11) is 0. The lowest BCUT2D eigenvalue weighted by atomic mass is 9.97. The first-order valence-electron chi connectivity index (χ1n) is 6.39. The second-order valence-electron chi connectivity index (χ2n) is 4.52. The summed E-state index contributed by atoms with van der Waals surface area (Å²) in [5.74, 6) is 0.794. The van der Waals surface area contributed by atoms with E-state index in [0.717, 1.165) is 31.4 Å². The Morgan fingerprint density at radius 1 is 1.10 bits per heavy atom. The second kappa shape index (κ2) is 6.74. The Morgan fingerprint density at radius 3 is 2.40 bits per heavy atom. The van der Waals surface area contributed by atoms with E-state index in [4.69, 9.17) is 4.74 Å². The molecule has 2 aromatic rings. The summed E-state index contributed by atoms with van der Waals surface area (Å²) in [6.07, 6.45) is -0.659. The van der Waals surface area contributed by atoms with Crippen LogP contribution in [0.15, 0.2) is 45.3 Å². The first-order chi connectivity index (χ1) is 9.52. The standard InChI is InChI=1S/C16H16Br2O2/c1-3-20-12-5-7-14(15(18)9-12)16(19)13-6-4-11(17)8-10(13)2/h4-9,16,19H,3H2,1-2H3. The fraction of sp³-hybridized carbons (Fsp3) is 0.250. The molecule has 106 valence electrons. The van der Waals surface area contributed by atoms with Crippen LogP contribution in [0.5, 0.6) is 5.75 Å². The Bertz CT molecular complexity index is 611. The van der Waals surface area contributed by atoms with Crippen molar-refractivity contribution in [1.82, 2.24) is 0 Å². The van der Waals surface area contributed by atoms with E-state index in [9.17, 15) is 5.11 Å². The molecular formula is C16H16Br2O2. The van der Waals surface area contributed by atoms with Crippen LogP contribution < -0.4 is 4.74 Å². The zero-order chi connectivity index (χ0) is 14.7. The van der Waals surface area contributed by atoms with Crippen molar-refractivity contribution in [2.24, 2.45) is 0 Å². The molecule has 20 heavy (non-hydrogen) atoms. The predicted molar refractivity (Wildman–Crippen MR) is 88.3 cm³/mol. The highest BCUT2D eigenvalue weighted by molar-refractivity contribution is 9.10. The Labute approximate surface area is 136 Å². The van der Waals surface area contributed by atoms with Crippen LogP contribution in [-0.2, 0) is 0 Å². The summed E-state index contributed by atoms with van der Waals surface area (Å²) in [5.41, 5.74) is 2.78. The van der Waals surface area contributed by atoms with Crippen LogP contribution in [0.1, 0.15) is 29.7 Å². The normalized spacial score (nSPS) is 12.2. The molecule has 0 amide bonds. The molecule has 0 aliphatic heterocycles. The number of hydrogen-bond acceptors (Lipinski definition) is 2. The first kappa shape index (κ1) is 15.5. The van der Waals surface area contributed by atoms with E-state index in [1.807, 2.05) is 50.2 Å². The molecule has 2 aromatic carbocycles. The fourth-order valence-corrected chi connectivity index (χ4v) is 3.15. The summed E-state index contributed by atoms with van der Waals surface area (Å²) in [6, 6.07) is 11.5. The molecule has 0 saturated carbocycles. The molecule has 0 aromatic heterocycles. The fourth-order valence-electron chi connectivity index (χ4n) is 2.10. The summed E-state index contributed by atoms with van der Waals surface area (Å²) in [4.78, 5) is 0. The number of halogens is 2. The van der Waals surface area contributed by atoms with Crippen LogP contribution in [0.25, 0.3) is 0 Å². The monoisotopic (exact) mass is 398 g/mol. The smallest absolute Gasteiger partial charge is 0.120 e. The van der Waals surface area contributed by atoms with Crippen LogP contribution >= 0.6 is 31.9 Å². The quantitative estimate of drug-likeness (QED) is 0.783. The van der Waals surface area contributed by atoms with Gasteiger partial charge in [-0.25, -0.2) is 0 Å². The van der Waals surface area contributed by atoms with Crippen molar-refractivity contribution in [2.75, 3.05) is 6.61 Å². The van der Waals surface area contributed by atoms with E-state index >= 15 is 0 Å². The zero-order valence-electron chi connectivity index (χ0n) is 11.4. The van der Waals surface area contributed by atoms with Gasteiger partial charge < -0.3 is 9.84 Å². The number of benzene rings is 2. The highest BCUT2D eigenvalue weighted by Crippen LogP contribution is 2.33. The van der Waals surface area contributed by atoms with E-state index < -0.39 is 6.10 Å². The van der Waals surface area contributed by atoms with Gasteiger partial charge in [0.2, 0.25) is 0 Å².